The molecule has 6 heteroatoms. The van der Waals surface area contributed by atoms with Crippen LogP contribution in [0, 0.1) is 13.8 Å². The van der Waals surface area contributed by atoms with Crippen molar-refractivity contribution >= 4 is 21.8 Å². The number of carbonyl (C=O) groups is 1. The molecule has 3 rings (SSSR count). The summed E-state index contributed by atoms with van der Waals surface area (Å²) in [6.07, 6.45) is 2.78. The molecule has 0 spiro atoms. The fourth-order valence-corrected chi connectivity index (χ4v) is 3.70. The molecule has 1 amide bonds. The normalized spacial score (nSPS) is 13.3. The molecule has 0 unspecified atom stereocenters. The molecule has 2 N–H and O–H groups in total. The molecule has 26 heavy (non-hydrogen) atoms. The molecule has 0 bridgehead atoms. The number of ether oxygens (including phenoxy) is 1. The molecule has 0 saturated carbocycles. The van der Waals surface area contributed by atoms with Crippen molar-refractivity contribution in [2.24, 2.45) is 0 Å². The van der Waals surface area contributed by atoms with Gasteiger partial charge in [0.15, 0.2) is 0 Å². The molecular formula is C20H21BrN2O3. The summed E-state index contributed by atoms with van der Waals surface area (Å²) in [5, 5.41) is 2.84. The van der Waals surface area contributed by atoms with Crippen LogP contribution in [0.4, 0.5) is 0 Å². The number of pyridine rings is 1. The summed E-state index contributed by atoms with van der Waals surface area (Å²) in [6.45, 7) is 6.46. The molecule has 1 aliphatic rings. The minimum absolute atomic E-state index is 0.167. The maximum atomic E-state index is 12.6. The van der Waals surface area contributed by atoms with Gasteiger partial charge in [-0.2, -0.15) is 0 Å². The highest BCUT2D eigenvalue weighted by atomic mass is 79.9. The van der Waals surface area contributed by atoms with Gasteiger partial charge in [0.2, 0.25) is 0 Å². The summed E-state index contributed by atoms with van der Waals surface area (Å²) < 4.78 is 6.51. The van der Waals surface area contributed by atoms with Crippen molar-refractivity contribution in [3.05, 3.63) is 72.6 Å². The molecule has 1 aliphatic heterocycles. The van der Waals surface area contributed by atoms with E-state index in [1.54, 1.807) is 6.07 Å². The minimum Gasteiger partial charge on any atom is -0.488 e. The molecule has 0 fully saturated rings. The van der Waals surface area contributed by atoms with Crippen molar-refractivity contribution in [1.29, 1.82) is 0 Å². The van der Waals surface area contributed by atoms with Gasteiger partial charge < -0.3 is 15.0 Å². The van der Waals surface area contributed by atoms with Gasteiger partial charge in [-0.25, -0.2) is 0 Å². The third-order valence-electron chi connectivity index (χ3n) is 4.43. The Bertz CT molecular complexity index is 960. The number of aromatic amines is 1. The number of halogens is 1. The summed E-state index contributed by atoms with van der Waals surface area (Å²) in [5.74, 6) is 0.555. The van der Waals surface area contributed by atoms with Crippen LogP contribution in [-0.2, 0) is 13.0 Å². The number of benzene rings is 1. The standard InChI is InChI=1S/C20H21BrN2O3/c1-11-4-5-26-18-14(6-11)8-15(9-17(18)21)19(24)22-10-16-12(2)7-13(3)23-20(16)25/h4,7-9H,5-6,10H2,1-3H3,(H,22,24)(H,23,25). The average Bonchev–Trinajstić information content (AvgIpc) is 2.74. The number of hydrogen-bond acceptors (Lipinski definition) is 3. The van der Waals surface area contributed by atoms with Gasteiger partial charge in [-0.1, -0.05) is 5.57 Å². The highest BCUT2D eigenvalue weighted by molar-refractivity contribution is 9.10. The van der Waals surface area contributed by atoms with Gasteiger partial charge in [0.25, 0.3) is 11.5 Å². The van der Waals surface area contributed by atoms with Crippen LogP contribution in [0.3, 0.4) is 0 Å². The van der Waals surface area contributed by atoms with Gasteiger partial charge in [-0.15, -0.1) is 0 Å². The third-order valence-corrected chi connectivity index (χ3v) is 5.02. The van der Waals surface area contributed by atoms with Crippen molar-refractivity contribution in [3.8, 4) is 5.75 Å². The number of aryl methyl sites for hydroxylation is 2. The molecular weight excluding hydrogens is 396 g/mol. The van der Waals surface area contributed by atoms with E-state index in [9.17, 15) is 9.59 Å². The van der Waals surface area contributed by atoms with Crippen LogP contribution in [0.15, 0.2) is 39.1 Å². The van der Waals surface area contributed by atoms with Gasteiger partial charge in [0.05, 0.1) is 4.47 Å². The van der Waals surface area contributed by atoms with Crippen LogP contribution >= 0.6 is 15.9 Å². The van der Waals surface area contributed by atoms with Crippen molar-refractivity contribution in [1.82, 2.24) is 10.3 Å². The Morgan fingerprint density at radius 3 is 2.77 bits per heavy atom. The first-order valence-corrected chi connectivity index (χ1v) is 9.23. The summed E-state index contributed by atoms with van der Waals surface area (Å²) in [4.78, 5) is 27.5. The lowest BCUT2D eigenvalue weighted by molar-refractivity contribution is 0.0950. The van der Waals surface area contributed by atoms with E-state index in [-0.39, 0.29) is 18.0 Å². The number of aromatic nitrogens is 1. The smallest absolute Gasteiger partial charge is 0.253 e. The second-order valence-electron chi connectivity index (χ2n) is 6.61. The zero-order valence-electron chi connectivity index (χ0n) is 15.0. The minimum atomic E-state index is -0.223. The molecule has 1 aromatic carbocycles. The number of allylic oxidation sites excluding steroid dienone is 1. The van der Waals surface area contributed by atoms with Crippen LogP contribution in [-0.4, -0.2) is 17.5 Å². The molecule has 0 aliphatic carbocycles. The fourth-order valence-electron chi connectivity index (χ4n) is 3.09. The van der Waals surface area contributed by atoms with Gasteiger partial charge in [0.1, 0.15) is 12.4 Å². The zero-order valence-corrected chi connectivity index (χ0v) is 16.6. The predicted molar refractivity (Wildman–Crippen MR) is 105 cm³/mol. The van der Waals surface area contributed by atoms with E-state index in [1.165, 1.54) is 5.57 Å². The Labute approximate surface area is 160 Å². The van der Waals surface area contributed by atoms with Gasteiger partial charge in [0, 0.05) is 28.9 Å². The molecule has 0 radical (unpaired) electrons. The van der Waals surface area contributed by atoms with E-state index in [2.05, 4.69) is 26.2 Å². The van der Waals surface area contributed by atoms with Gasteiger partial charge in [-0.05, 0) is 73.0 Å². The van der Waals surface area contributed by atoms with E-state index >= 15 is 0 Å². The lowest BCUT2D eigenvalue weighted by Crippen LogP contribution is -2.28. The first-order valence-electron chi connectivity index (χ1n) is 8.43. The van der Waals surface area contributed by atoms with Crippen molar-refractivity contribution < 1.29 is 9.53 Å². The SMILES string of the molecule is CC1=CCOc2c(Br)cc(C(=O)NCc3c(C)cc(C)[nH]c3=O)cc2C1. The van der Waals surface area contributed by atoms with Crippen molar-refractivity contribution in [2.75, 3.05) is 6.61 Å². The molecule has 0 atom stereocenters. The topological polar surface area (TPSA) is 71.2 Å². The van der Waals surface area contributed by atoms with Crippen LogP contribution in [0.1, 0.15) is 39.7 Å². The quantitative estimate of drug-likeness (QED) is 0.751. The van der Waals surface area contributed by atoms with Crippen LogP contribution in [0.5, 0.6) is 5.75 Å². The van der Waals surface area contributed by atoms with Gasteiger partial charge >= 0.3 is 0 Å². The first kappa shape index (κ1) is 18.5. The first-order chi connectivity index (χ1) is 12.3. The lowest BCUT2D eigenvalue weighted by atomic mass is 10.0. The molecule has 2 heterocycles. The Morgan fingerprint density at radius 1 is 1.27 bits per heavy atom. The number of fused-ring (bicyclic) bond motifs is 1. The van der Waals surface area contributed by atoms with E-state index < -0.39 is 0 Å². The summed E-state index contributed by atoms with van der Waals surface area (Å²) in [5.41, 5.74) is 4.79. The van der Waals surface area contributed by atoms with Gasteiger partial charge in [-0.3, -0.25) is 9.59 Å². The lowest BCUT2D eigenvalue weighted by Gasteiger charge is -2.13. The molecule has 1 aromatic heterocycles. The summed E-state index contributed by atoms with van der Waals surface area (Å²) in [6, 6.07) is 5.50. The molecule has 136 valence electrons. The Morgan fingerprint density at radius 2 is 2.04 bits per heavy atom. The number of carbonyl (C=O) groups excluding carboxylic acids is 1. The second-order valence-corrected chi connectivity index (χ2v) is 7.46. The monoisotopic (exact) mass is 416 g/mol. The zero-order chi connectivity index (χ0) is 18.8. The largest absolute Gasteiger partial charge is 0.488 e. The Hall–Kier alpha value is -2.34. The number of amides is 1. The maximum absolute atomic E-state index is 12.6. The average molecular weight is 417 g/mol. The third kappa shape index (κ3) is 3.90. The number of nitrogens with one attached hydrogen (secondary N) is 2. The Kier molecular flexibility index (Phi) is 5.32. The number of hydrogen-bond donors (Lipinski definition) is 2. The highest BCUT2D eigenvalue weighted by Crippen LogP contribution is 2.34. The second kappa shape index (κ2) is 7.50. The summed E-state index contributed by atoms with van der Waals surface area (Å²) in [7, 11) is 0. The maximum Gasteiger partial charge on any atom is 0.253 e. The van der Waals surface area contributed by atoms with Crippen molar-refractivity contribution in [3.63, 3.8) is 0 Å². The van der Waals surface area contributed by atoms with E-state index in [4.69, 9.17) is 4.74 Å². The van der Waals surface area contributed by atoms with E-state index in [1.807, 2.05) is 39.0 Å². The molecule has 0 saturated heterocycles. The van der Waals surface area contributed by atoms with Crippen LogP contribution in [0.2, 0.25) is 0 Å². The Balaban J connectivity index is 1.82. The molecule has 2 aromatic rings. The number of H-pyrrole nitrogens is 1. The van der Waals surface area contributed by atoms with Crippen molar-refractivity contribution in [2.45, 2.75) is 33.7 Å². The summed E-state index contributed by atoms with van der Waals surface area (Å²) >= 11 is 3.50. The highest BCUT2D eigenvalue weighted by Gasteiger charge is 2.17. The fraction of sp³-hybridized carbons (Fsp3) is 0.300. The van der Waals surface area contributed by atoms with E-state index in [0.29, 0.717) is 17.7 Å². The molecule has 5 nitrogen and oxygen atoms in total. The van der Waals surface area contributed by atoms with E-state index in [0.717, 1.165) is 33.5 Å². The van der Waals surface area contributed by atoms with Crippen LogP contribution < -0.4 is 15.6 Å². The van der Waals surface area contributed by atoms with Crippen LogP contribution in [0.25, 0.3) is 0 Å². The predicted octanol–water partition coefficient (Wildman–Crippen LogP) is 3.57. The number of rotatable bonds is 3.